The molecule has 3 heterocycles. The maximum Gasteiger partial charge on any atom is 0.323 e. The van der Waals surface area contributed by atoms with Crippen LogP contribution in [0, 0.1) is 0 Å². The van der Waals surface area contributed by atoms with Gasteiger partial charge < -0.3 is 9.30 Å². The fraction of sp³-hybridized carbons (Fsp3) is 0.812. The van der Waals surface area contributed by atoms with E-state index in [4.69, 9.17) is 4.74 Å². The molecule has 1 aromatic heterocycles. The van der Waals surface area contributed by atoms with Crippen LogP contribution in [0.3, 0.4) is 0 Å². The van der Waals surface area contributed by atoms with Gasteiger partial charge in [0.2, 0.25) is 0 Å². The number of rotatable bonds is 5. The van der Waals surface area contributed by atoms with E-state index in [1.807, 2.05) is 0 Å². The minimum absolute atomic E-state index is 0.0234. The van der Waals surface area contributed by atoms with Crippen molar-refractivity contribution in [2.24, 2.45) is 7.05 Å². The lowest BCUT2D eigenvalue weighted by Crippen LogP contribution is -2.40. The summed E-state index contributed by atoms with van der Waals surface area (Å²) in [5.41, 5.74) is 0. The highest BCUT2D eigenvalue weighted by Crippen LogP contribution is 2.38. The molecule has 126 valence electrons. The molecule has 0 aromatic carbocycles. The van der Waals surface area contributed by atoms with Gasteiger partial charge in [-0.3, -0.25) is 14.6 Å². The first-order valence-corrected chi connectivity index (χ1v) is 8.62. The van der Waals surface area contributed by atoms with Crippen LogP contribution >= 0.6 is 0 Å². The first-order chi connectivity index (χ1) is 11.1. The fourth-order valence-corrected chi connectivity index (χ4v) is 3.79. The number of esters is 1. The van der Waals surface area contributed by atoms with Crippen LogP contribution in [-0.2, 0) is 23.1 Å². The van der Waals surface area contributed by atoms with Crippen molar-refractivity contribution in [1.82, 2.24) is 24.6 Å². The molecular weight excluding hydrogens is 294 g/mol. The quantitative estimate of drug-likeness (QED) is 0.737. The summed E-state index contributed by atoms with van der Waals surface area (Å²) in [4.78, 5) is 16.4. The fourth-order valence-electron chi connectivity index (χ4n) is 3.79. The predicted molar refractivity (Wildman–Crippen MR) is 83.8 cm³/mol. The van der Waals surface area contributed by atoms with Crippen LogP contribution in [-0.4, -0.2) is 69.4 Å². The molecule has 0 amide bonds. The molecule has 7 heteroatoms. The lowest BCUT2D eigenvalue weighted by atomic mass is 10.2. The summed E-state index contributed by atoms with van der Waals surface area (Å²) >= 11 is 0. The second-order valence-electron chi connectivity index (χ2n) is 7.13. The Bertz CT molecular complexity index is 597. The summed E-state index contributed by atoms with van der Waals surface area (Å²) < 4.78 is 7.26. The largest absolute Gasteiger partial charge is 0.464 e. The number of nitrogens with zero attached hydrogens (tertiary/aromatic N) is 5. The van der Waals surface area contributed by atoms with Gasteiger partial charge in [-0.25, -0.2) is 0 Å². The molecule has 23 heavy (non-hydrogen) atoms. The Morgan fingerprint density at radius 1 is 1.26 bits per heavy atom. The van der Waals surface area contributed by atoms with E-state index in [2.05, 4.69) is 38.7 Å². The Morgan fingerprint density at radius 2 is 2.09 bits per heavy atom. The Morgan fingerprint density at radius 3 is 2.78 bits per heavy atom. The zero-order valence-electron chi connectivity index (χ0n) is 13.9. The van der Waals surface area contributed by atoms with Crippen molar-refractivity contribution in [3.8, 4) is 0 Å². The molecule has 0 spiro atoms. The van der Waals surface area contributed by atoms with Crippen LogP contribution in [0.4, 0.5) is 0 Å². The maximum atomic E-state index is 11.7. The Labute approximate surface area is 136 Å². The minimum atomic E-state index is -0.0457. The van der Waals surface area contributed by atoms with Gasteiger partial charge >= 0.3 is 5.97 Å². The third-order valence-electron chi connectivity index (χ3n) is 5.50. The molecule has 2 unspecified atom stereocenters. The first kappa shape index (κ1) is 15.1. The van der Waals surface area contributed by atoms with Gasteiger partial charge in [-0.15, -0.1) is 10.2 Å². The molecule has 1 aromatic rings. The third kappa shape index (κ3) is 2.87. The summed E-state index contributed by atoms with van der Waals surface area (Å²) in [5, 5.41) is 8.74. The molecule has 2 aliphatic heterocycles. The van der Waals surface area contributed by atoms with E-state index in [9.17, 15) is 4.79 Å². The molecule has 7 nitrogen and oxygen atoms in total. The van der Waals surface area contributed by atoms with E-state index in [0.717, 1.165) is 44.1 Å². The predicted octanol–water partition coefficient (Wildman–Crippen LogP) is 0.514. The van der Waals surface area contributed by atoms with Crippen LogP contribution in [0.2, 0.25) is 0 Å². The Hall–Kier alpha value is -1.47. The number of hydrogen-bond acceptors (Lipinski definition) is 6. The molecule has 2 saturated heterocycles. The standard InChI is InChI=1S/C16H25N5O2/c1-19(10-14-17-18-15(20(14)2)11-3-4-11)12-5-7-21(9-12)13-6-8-23-16(13)22/h11-13H,3-10H2,1-2H3. The second-order valence-corrected chi connectivity index (χ2v) is 7.13. The van der Waals surface area contributed by atoms with Crippen molar-refractivity contribution in [3.05, 3.63) is 11.6 Å². The normalized spacial score (nSPS) is 28.7. The van der Waals surface area contributed by atoms with Gasteiger partial charge in [0.1, 0.15) is 17.7 Å². The molecule has 2 atom stereocenters. The van der Waals surface area contributed by atoms with Crippen molar-refractivity contribution in [3.63, 3.8) is 0 Å². The molecular formula is C16H25N5O2. The minimum Gasteiger partial charge on any atom is -0.464 e. The summed E-state index contributed by atoms with van der Waals surface area (Å²) in [5.74, 6) is 2.75. The zero-order chi connectivity index (χ0) is 16.0. The highest BCUT2D eigenvalue weighted by Gasteiger charge is 2.38. The summed E-state index contributed by atoms with van der Waals surface area (Å²) in [7, 11) is 4.22. The highest BCUT2D eigenvalue weighted by atomic mass is 16.5. The highest BCUT2D eigenvalue weighted by molar-refractivity contribution is 5.77. The number of cyclic esters (lactones) is 1. The van der Waals surface area contributed by atoms with Crippen LogP contribution in [0.5, 0.6) is 0 Å². The van der Waals surface area contributed by atoms with E-state index in [0.29, 0.717) is 18.6 Å². The summed E-state index contributed by atoms with van der Waals surface area (Å²) in [6.45, 7) is 3.29. The topological polar surface area (TPSA) is 63.5 Å². The molecule has 0 N–H and O–H groups in total. The molecule has 4 rings (SSSR count). The van der Waals surface area contributed by atoms with Gasteiger partial charge in [0.15, 0.2) is 0 Å². The number of carbonyl (C=O) groups excluding carboxylic acids is 1. The number of ether oxygens (including phenoxy) is 1. The number of hydrogen-bond donors (Lipinski definition) is 0. The Kier molecular flexibility index (Phi) is 3.85. The molecule has 3 aliphatic rings. The van der Waals surface area contributed by atoms with Crippen LogP contribution in [0.15, 0.2) is 0 Å². The van der Waals surface area contributed by atoms with Gasteiger partial charge in [0, 0.05) is 38.5 Å². The van der Waals surface area contributed by atoms with Crippen molar-refractivity contribution in [1.29, 1.82) is 0 Å². The molecule has 1 saturated carbocycles. The average Bonchev–Trinajstić information content (AvgIpc) is 2.94. The number of carbonyl (C=O) groups is 1. The number of aromatic nitrogens is 3. The SMILES string of the molecule is CN(Cc1nnc(C2CC2)n1C)C1CCN(C2CCOC2=O)C1. The third-order valence-corrected chi connectivity index (χ3v) is 5.50. The van der Waals surface area contributed by atoms with E-state index in [1.165, 1.54) is 12.8 Å². The van der Waals surface area contributed by atoms with Gasteiger partial charge in [-0.05, 0) is 26.3 Å². The lowest BCUT2D eigenvalue weighted by Gasteiger charge is -2.25. The van der Waals surface area contributed by atoms with Crippen molar-refractivity contribution in [2.45, 2.75) is 50.2 Å². The molecule has 0 bridgehead atoms. The molecule has 1 aliphatic carbocycles. The number of likely N-dealkylation sites (tertiary alicyclic amines) is 1. The smallest absolute Gasteiger partial charge is 0.323 e. The second kappa shape index (κ2) is 5.87. The van der Waals surface area contributed by atoms with Crippen LogP contribution in [0.25, 0.3) is 0 Å². The van der Waals surface area contributed by atoms with E-state index in [1.54, 1.807) is 0 Å². The zero-order valence-corrected chi connectivity index (χ0v) is 13.9. The maximum absolute atomic E-state index is 11.7. The van der Waals surface area contributed by atoms with Crippen LogP contribution < -0.4 is 0 Å². The van der Waals surface area contributed by atoms with Crippen molar-refractivity contribution < 1.29 is 9.53 Å². The lowest BCUT2D eigenvalue weighted by molar-refractivity contribution is -0.142. The monoisotopic (exact) mass is 319 g/mol. The van der Waals surface area contributed by atoms with Crippen LogP contribution in [0.1, 0.15) is 43.3 Å². The van der Waals surface area contributed by atoms with Crippen molar-refractivity contribution in [2.75, 3.05) is 26.7 Å². The van der Waals surface area contributed by atoms with E-state index < -0.39 is 0 Å². The van der Waals surface area contributed by atoms with Crippen molar-refractivity contribution >= 4 is 5.97 Å². The van der Waals surface area contributed by atoms with E-state index >= 15 is 0 Å². The van der Waals surface area contributed by atoms with Gasteiger partial charge in [-0.2, -0.15) is 0 Å². The molecule has 0 radical (unpaired) electrons. The molecule has 3 fully saturated rings. The number of likely N-dealkylation sites (N-methyl/N-ethyl adjacent to an activating group) is 1. The summed E-state index contributed by atoms with van der Waals surface area (Å²) in [6, 6.07) is 0.439. The van der Waals surface area contributed by atoms with Gasteiger partial charge in [-0.1, -0.05) is 0 Å². The summed E-state index contributed by atoms with van der Waals surface area (Å²) in [6.07, 6.45) is 4.42. The average molecular weight is 319 g/mol. The Balaban J connectivity index is 1.36. The first-order valence-electron chi connectivity index (χ1n) is 8.62. The van der Waals surface area contributed by atoms with E-state index in [-0.39, 0.29) is 12.0 Å². The van der Waals surface area contributed by atoms with Gasteiger partial charge in [0.05, 0.1) is 13.2 Å². The van der Waals surface area contributed by atoms with Gasteiger partial charge in [0.25, 0.3) is 0 Å².